The van der Waals surface area contributed by atoms with Crippen LogP contribution in [0, 0.1) is 0 Å². The molecule has 1 aliphatic carbocycles. The Morgan fingerprint density at radius 3 is 2.29 bits per heavy atom. The van der Waals surface area contributed by atoms with Gasteiger partial charge in [-0.1, -0.05) is 20.8 Å². The molecule has 1 saturated heterocycles. The molecule has 21 heavy (non-hydrogen) atoms. The van der Waals surface area contributed by atoms with Gasteiger partial charge in [-0.2, -0.15) is 0 Å². The van der Waals surface area contributed by atoms with E-state index < -0.39 is 8.32 Å². The standard InChI is InChI=1S/C17H30O3Si/c1-16(2,3)21(4,5)20-12-6-7-15-8-10-17(11-9-15)18-13-14-19-17/h6H,8-14H2,1-5H3. The van der Waals surface area contributed by atoms with Gasteiger partial charge in [0.15, 0.2) is 14.1 Å². The molecule has 0 unspecified atom stereocenters. The van der Waals surface area contributed by atoms with Crippen LogP contribution >= 0.6 is 0 Å². The van der Waals surface area contributed by atoms with Crippen molar-refractivity contribution in [3.63, 3.8) is 0 Å². The van der Waals surface area contributed by atoms with E-state index in [1.54, 1.807) is 0 Å². The molecule has 0 atom stereocenters. The van der Waals surface area contributed by atoms with Crippen LogP contribution < -0.4 is 0 Å². The molecule has 0 aromatic carbocycles. The number of ether oxygens (including phenoxy) is 2. The van der Waals surface area contributed by atoms with Crippen LogP contribution in [-0.4, -0.2) is 33.9 Å². The van der Waals surface area contributed by atoms with E-state index in [9.17, 15) is 0 Å². The second-order valence-electron chi connectivity index (χ2n) is 7.63. The van der Waals surface area contributed by atoms with Gasteiger partial charge in [-0.3, -0.25) is 0 Å². The zero-order chi connectivity index (χ0) is 15.6. The van der Waals surface area contributed by atoms with E-state index in [0.717, 1.165) is 38.9 Å². The van der Waals surface area contributed by atoms with E-state index in [4.69, 9.17) is 13.9 Å². The summed E-state index contributed by atoms with van der Waals surface area (Å²) in [6.45, 7) is 13.5. The second kappa shape index (κ2) is 6.39. The molecular weight excluding hydrogens is 280 g/mol. The minimum atomic E-state index is -1.64. The molecular formula is C17H30O3Si. The van der Waals surface area contributed by atoms with Crippen LogP contribution in [-0.2, 0) is 13.9 Å². The Kier molecular flexibility index (Phi) is 5.17. The fourth-order valence-corrected chi connectivity index (χ4v) is 3.45. The fourth-order valence-electron chi connectivity index (χ4n) is 2.52. The maximum atomic E-state index is 6.14. The second-order valence-corrected chi connectivity index (χ2v) is 12.4. The summed E-state index contributed by atoms with van der Waals surface area (Å²) < 4.78 is 17.6. The van der Waals surface area contributed by atoms with E-state index in [1.807, 2.05) is 0 Å². The lowest BCUT2D eigenvalue weighted by molar-refractivity contribution is -0.171. The van der Waals surface area contributed by atoms with Crippen LogP contribution in [0.1, 0.15) is 46.5 Å². The van der Waals surface area contributed by atoms with Crippen LogP contribution in [0.5, 0.6) is 0 Å². The highest BCUT2D eigenvalue weighted by Crippen LogP contribution is 2.38. The Hall–Kier alpha value is -0.383. The summed E-state index contributed by atoms with van der Waals surface area (Å²) in [6, 6.07) is 0. The van der Waals surface area contributed by atoms with Crippen molar-refractivity contribution in [2.45, 2.75) is 70.4 Å². The van der Waals surface area contributed by atoms with E-state index in [2.05, 4.69) is 45.7 Å². The fraction of sp³-hybridized carbons (Fsp3) is 0.824. The van der Waals surface area contributed by atoms with Gasteiger partial charge in [-0.25, -0.2) is 0 Å². The van der Waals surface area contributed by atoms with Crippen molar-refractivity contribution < 1.29 is 13.9 Å². The third kappa shape index (κ3) is 4.30. The van der Waals surface area contributed by atoms with Crippen LogP contribution in [0.3, 0.4) is 0 Å². The number of hydrogen-bond acceptors (Lipinski definition) is 3. The average molecular weight is 311 g/mol. The van der Waals surface area contributed by atoms with Gasteiger partial charge in [0.05, 0.1) is 19.8 Å². The molecule has 0 radical (unpaired) electrons. The molecule has 1 heterocycles. The molecule has 0 amide bonds. The van der Waals surface area contributed by atoms with Gasteiger partial charge in [0.1, 0.15) is 0 Å². The van der Waals surface area contributed by atoms with E-state index in [0.29, 0.717) is 6.61 Å². The molecule has 1 spiro atoms. The largest absolute Gasteiger partial charge is 0.413 e. The minimum absolute atomic E-state index is 0.266. The normalized spacial score (nSPS) is 22.4. The molecule has 0 N–H and O–H groups in total. The van der Waals surface area contributed by atoms with Crippen molar-refractivity contribution in [2.24, 2.45) is 0 Å². The summed E-state index contributed by atoms with van der Waals surface area (Å²) in [5.74, 6) is -0.275. The highest BCUT2D eigenvalue weighted by atomic mass is 28.4. The summed E-state index contributed by atoms with van der Waals surface area (Å²) in [7, 11) is -1.64. The van der Waals surface area contributed by atoms with Crippen LogP contribution in [0.15, 0.2) is 17.4 Å². The summed E-state index contributed by atoms with van der Waals surface area (Å²) in [6.07, 6.45) is 6.04. The summed E-state index contributed by atoms with van der Waals surface area (Å²) >= 11 is 0. The molecule has 0 aromatic heterocycles. The van der Waals surface area contributed by atoms with E-state index >= 15 is 0 Å². The molecule has 1 saturated carbocycles. The van der Waals surface area contributed by atoms with Crippen LogP contribution in [0.4, 0.5) is 0 Å². The Morgan fingerprint density at radius 1 is 1.19 bits per heavy atom. The van der Waals surface area contributed by atoms with Crippen LogP contribution in [0.25, 0.3) is 0 Å². The monoisotopic (exact) mass is 310 g/mol. The van der Waals surface area contributed by atoms with E-state index in [1.165, 1.54) is 5.57 Å². The Labute approximate surface area is 130 Å². The first-order valence-corrected chi connectivity index (χ1v) is 11.0. The topological polar surface area (TPSA) is 27.7 Å². The Morgan fingerprint density at radius 2 is 1.76 bits per heavy atom. The van der Waals surface area contributed by atoms with Gasteiger partial charge in [0.25, 0.3) is 0 Å². The minimum Gasteiger partial charge on any atom is -0.413 e. The third-order valence-corrected chi connectivity index (χ3v) is 9.57. The highest BCUT2D eigenvalue weighted by Gasteiger charge is 2.39. The molecule has 120 valence electrons. The first kappa shape index (κ1) is 17.0. The van der Waals surface area contributed by atoms with Gasteiger partial charge in [-0.05, 0) is 42.6 Å². The predicted octanol–water partition coefficient (Wildman–Crippen LogP) is 4.41. The predicted molar refractivity (Wildman–Crippen MR) is 87.8 cm³/mol. The Balaban J connectivity index is 1.82. The van der Waals surface area contributed by atoms with Crippen molar-refractivity contribution in [3.05, 3.63) is 17.4 Å². The summed E-state index contributed by atoms with van der Waals surface area (Å²) in [5, 5.41) is 0.266. The van der Waals surface area contributed by atoms with Crippen molar-refractivity contribution in [1.29, 1.82) is 0 Å². The molecule has 2 fully saturated rings. The molecule has 2 aliphatic rings. The maximum Gasteiger partial charge on any atom is 0.192 e. The Bertz CT molecular complexity index is 410. The van der Waals surface area contributed by atoms with Crippen molar-refractivity contribution in [3.8, 4) is 0 Å². The lowest BCUT2D eigenvalue weighted by Gasteiger charge is -2.35. The summed E-state index contributed by atoms with van der Waals surface area (Å²) in [5.41, 5.74) is 4.80. The van der Waals surface area contributed by atoms with Gasteiger partial charge >= 0.3 is 0 Å². The average Bonchev–Trinajstić information content (AvgIpc) is 2.84. The summed E-state index contributed by atoms with van der Waals surface area (Å²) in [4.78, 5) is 0. The lowest BCUT2D eigenvalue weighted by Crippen LogP contribution is -2.40. The van der Waals surface area contributed by atoms with Crippen LogP contribution in [0.2, 0.25) is 18.1 Å². The zero-order valence-electron chi connectivity index (χ0n) is 14.3. The number of rotatable bonds is 3. The van der Waals surface area contributed by atoms with E-state index in [-0.39, 0.29) is 10.8 Å². The maximum absolute atomic E-state index is 6.14. The van der Waals surface area contributed by atoms with Gasteiger partial charge in [0, 0.05) is 12.8 Å². The molecule has 0 bridgehead atoms. The molecule has 4 heteroatoms. The highest BCUT2D eigenvalue weighted by molar-refractivity contribution is 6.74. The zero-order valence-corrected chi connectivity index (χ0v) is 15.3. The number of hydrogen-bond donors (Lipinski definition) is 0. The SMILES string of the molecule is CC(C)(C)[Si](C)(C)OCC=C=C1CCC2(CC1)OCCO2. The van der Waals surface area contributed by atoms with Gasteiger partial charge in [-0.15, -0.1) is 5.73 Å². The molecule has 1 aliphatic heterocycles. The quantitative estimate of drug-likeness (QED) is 0.571. The smallest absolute Gasteiger partial charge is 0.192 e. The molecule has 2 rings (SSSR count). The van der Waals surface area contributed by atoms with Crippen molar-refractivity contribution in [2.75, 3.05) is 19.8 Å². The van der Waals surface area contributed by atoms with Gasteiger partial charge < -0.3 is 13.9 Å². The molecule has 3 nitrogen and oxygen atoms in total. The third-order valence-electron chi connectivity index (χ3n) is 5.07. The first-order chi connectivity index (χ1) is 9.74. The first-order valence-electron chi connectivity index (χ1n) is 8.09. The van der Waals surface area contributed by atoms with Crippen molar-refractivity contribution >= 4 is 8.32 Å². The van der Waals surface area contributed by atoms with Gasteiger partial charge in [0.2, 0.25) is 0 Å². The lowest BCUT2D eigenvalue weighted by atomic mass is 9.90. The molecule has 0 aromatic rings. The van der Waals surface area contributed by atoms with Crippen molar-refractivity contribution in [1.82, 2.24) is 0 Å².